The molecule has 0 aromatic carbocycles. The highest BCUT2D eigenvalue weighted by Crippen LogP contribution is 2.17. The monoisotopic (exact) mass is 185 g/mol. The summed E-state index contributed by atoms with van der Waals surface area (Å²) in [5.41, 5.74) is 7.63. The molecule has 0 amide bonds. The van der Waals surface area contributed by atoms with E-state index in [0.717, 1.165) is 5.01 Å². The number of thiazole rings is 1. The van der Waals surface area contributed by atoms with Gasteiger partial charge in [0, 0.05) is 11.6 Å². The normalized spacial score (nSPS) is 14.3. The van der Waals surface area contributed by atoms with E-state index in [1.54, 1.807) is 17.5 Å². The first-order chi connectivity index (χ1) is 5.74. The van der Waals surface area contributed by atoms with Gasteiger partial charge in [0.15, 0.2) is 0 Å². The first kappa shape index (κ1) is 8.95. The number of hydrogen-bond donors (Lipinski definition) is 3. The van der Waals surface area contributed by atoms with E-state index in [4.69, 9.17) is 11.6 Å². The van der Waals surface area contributed by atoms with Gasteiger partial charge in [-0.05, 0) is 6.92 Å². The summed E-state index contributed by atoms with van der Waals surface area (Å²) in [6.45, 7) is 1.91. The summed E-state index contributed by atoms with van der Waals surface area (Å²) in [5, 5.41) is 2.82. The number of nitrogens with zero attached hydrogens (tertiary/aromatic N) is 2. The summed E-state index contributed by atoms with van der Waals surface area (Å²) in [4.78, 5) is 8.13. The van der Waals surface area contributed by atoms with E-state index in [9.17, 15) is 0 Å². The molecule has 0 radical (unpaired) electrons. The average Bonchev–Trinajstić information content (AvgIpc) is 2.56. The molecule has 5 N–H and O–H groups in total. The number of rotatable bonds is 2. The molecule has 5 nitrogen and oxygen atoms in total. The van der Waals surface area contributed by atoms with E-state index in [2.05, 4.69) is 15.4 Å². The van der Waals surface area contributed by atoms with Crippen molar-refractivity contribution in [1.29, 1.82) is 0 Å². The Morgan fingerprint density at radius 3 is 3.08 bits per heavy atom. The molecule has 1 heterocycles. The van der Waals surface area contributed by atoms with Crippen LogP contribution in [-0.4, -0.2) is 10.9 Å². The fourth-order valence-electron chi connectivity index (χ4n) is 0.742. The first-order valence-electron chi connectivity index (χ1n) is 3.43. The van der Waals surface area contributed by atoms with Gasteiger partial charge in [0.05, 0.1) is 0 Å². The van der Waals surface area contributed by atoms with E-state index in [1.807, 2.05) is 12.3 Å². The van der Waals surface area contributed by atoms with Crippen molar-refractivity contribution in [2.24, 2.45) is 16.6 Å². The van der Waals surface area contributed by atoms with Crippen LogP contribution in [0.1, 0.15) is 18.0 Å². The number of guanidine groups is 1. The van der Waals surface area contributed by atoms with Crippen LogP contribution in [0.15, 0.2) is 16.6 Å². The molecule has 66 valence electrons. The van der Waals surface area contributed by atoms with Crippen molar-refractivity contribution in [2.75, 3.05) is 0 Å². The standard InChI is InChI=1S/C6H11N5S/c1-4(10-6(7)11-8)5-9-2-3-12-5/h2-4H,8H2,1H3,(H3,7,10,11). The zero-order valence-corrected chi connectivity index (χ0v) is 7.51. The molecule has 1 aromatic rings. The molecular weight excluding hydrogens is 174 g/mol. The SMILES string of the molecule is CC(N=C(N)NN)c1nccs1. The van der Waals surface area contributed by atoms with Crippen LogP contribution in [0.4, 0.5) is 0 Å². The van der Waals surface area contributed by atoms with Gasteiger partial charge in [-0.1, -0.05) is 0 Å². The number of hydrogen-bond acceptors (Lipinski definition) is 4. The second kappa shape index (κ2) is 4.03. The van der Waals surface area contributed by atoms with Crippen LogP contribution < -0.4 is 17.0 Å². The Kier molecular flexibility index (Phi) is 3.01. The third-order valence-corrected chi connectivity index (χ3v) is 2.24. The number of aliphatic imine (C=N–C) groups is 1. The Hall–Kier alpha value is -1.14. The average molecular weight is 185 g/mol. The molecular formula is C6H11N5S. The lowest BCUT2D eigenvalue weighted by Gasteiger charge is -2.03. The zero-order valence-electron chi connectivity index (χ0n) is 6.69. The fraction of sp³-hybridized carbons (Fsp3) is 0.333. The predicted molar refractivity (Wildman–Crippen MR) is 49.5 cm³/mol. The molecule has 0 fully saturated rings. The summed E-state index contributed by atoms with van der Waals surface area (Å²) in [6.07, 6.45) is 1.73. The van der Waals surface area contributed by atoms with Crippen LogP contribution in [0.5, 0.6) is 0 Å². The predicted octanol–water partition coefficient (Wildman–Crippen LogP) is -0.0179. The minimum absolute atomic E-state index is 0.0407. The quantitative estimate of drug-likeness (QED) is 0.261. The topological polar surface area (TPSA) is 89.3 Å². The van der Waals surface area contributed by atoms with Crippen LogP contribution in [0, 0.1) is 0 Å². The summed E-state index contributed by atoms with van der Waals surface area (Å²) >= 11 is 1.54. The van der Waals surface area contributed by atoms with Crippen molar-refractivity contribution in [3.05, 3.63) is 16.6 Å². The van der Waals surface area contributed by atoms with Gasteiger partial charge in [0.1, 0.15) is 11.0 Å². The van der Waals surface area contributed by atoms with Gasteiger partial charge in [-0.3, -0.25) is 5.43 Å². The van der Waals surface area contributed by atoms with E-state index in [-0.39, 0.29) is 12.0 Å². The Morgan fingerprint density at radius 2 is 2.58 bits per heavy atom. The number of nitrogens with two attached hydrogens (primary N) is 2. The summed E-state index contributed by atoms with van der Waals surface area (Å²) in [5.74, 6) is 5.27. The van der Waals surface area contributed by atoms with Gasteiger partial charge in [0.25, 0.3) is 0 Å². The fourth-order valence-corrected chi connectivity index (χ4v) is 1.37. The van der Waals surface area contributed by atoms with Gasteiger partial charge < -0.3 is 5.73 Å². The molecule has 12 heavy (non-hydrogen) atoms. The lowest BCUT2D eigenvalue weighted by molar-refractivity contribution is 0.791. The van der Waals surface area contributed by atoms with Crippen molar-refractivity contribution in [1.82, 2.24) is 10.4 Å². The van der Waals surface area contributed by atoms with Crippen LogP contribution in [0.3, 0.4) is 0 Å². The van der Waals surface area contributed by atoms with Crippen molar-refractivity contribution in [2.45, 2.75) is 13.0 Å². The van der Waals surface area contributed by atoms with Crippen molar-refractivity contribution < 1.29 is 0 Å². The highest BCUT2D eigenvalue weighted by molar-refractivity contribution is 7.09. The van der Waals surface area contributed by atoms with Crippen molar-refractivity contribution >= 4 is 17.3 Å². The Labute approximate surface area is 74.5 Å². The Morgan fingerprint density at radius 1 is 1.83 bits per heavy atom. The van der Waals surface area contributed by atoms with Crippen LogP contribution >= 0.6 is 11.3 Å². The number of nitrogens with one attached hydrogen (secondary N) is 1. The molecule has 0 spiro atoms. The molecule has 0 bridgehead atoms. The maximum atomic E-state index is 5.37. The lowest BCUT2D eigenvalue weighted by Crippen LogP contribution is -2.37. The highest BCUT2D eigenvalue weighted by Gasteiger charge is 2.05. The molecule has 1 atom stereocenters. The van der Waals surface area contributed by atoms with Gasteiger partial charge in [-0.25, -0.2) is 15.8 Å². The third kappa shape index (κ3) is 2.18. The molecule has 1 aromatic heterocycles. The molecule has 0 saturated heterocycles. The number of aromatic nitrogens is 1. The van der Waals surface area contributed by atoms with E-state index >= 15 is 0 Å². The van der Waals surface area contributed by atoms with Crippen molar-refractivity contribution in [3.8, 4) is 0 Å². The molecule has 6 heteroatoms. The van der Waals surface area contributed by atoms with E-state index < -0.39 is 0 Å². The molecule has 1 rings (SSSR count). The Balaban J connectivity index is 2.66. The Bertz CT molecular complexity index is 255. The summed E-state index contributed by atoms with van der Waals surface area (Å²) < 4.78 is 0. The maximum Gasteiger partial charge on any atom is 0.203 e. The summed E-state index contributed by atoms with van der Waals surface area (Å²) in [6, 6.07) is -0.0407. The van der Waals surface area contributed by atoms with Crippen LogP contribution in [-0.2, 0) is 0 Å². The van der Waals surface area contributed by atoms with E-state index in [1.165, 1.54) is 0 Å². The molecule has 1 unspecified atom stereocenters. The second-order valence-electron chi connectivity index (χ2n) is 2.20. The molecule has 0 aliphatic rings. The lowest BCUT2D eigenvalue weighted by atomic mass is 10.4. The molecule has 0 aliphatic carbocycles. The zero-order chi connectivity index (χ0) is 8.97. The van der Waals surface area contributed by atoms with Crippen molar-refractivity contribution in [3.63, 3.8) is 0 Å². The molecule has 0 saturated carbocycles. The largest absolute Gasteiger partial charge is 0.369 e. The maximum absolute atomic E-state index is 5.37. The minimum atomic E-state index is -0.0407. The van der Waals surface area contributed by atoms with Gasteiger partial charge in [0.2, 0.25) is 5.96 Å². The minimum Gasteiger partial charge on any atom is -0.369 e. The van der Waals surface area contributed by atoms with Gasteiger partial charge in [-0.15, -0.1) is 11.3 Å². The number of hydrazine groups is 1. The van der Waals surface area contributed by atoms with Gasteiger partial charge in [-0.2, -0.15) is 0 Å². The summed E-state index contributed by atoms with van der Waals surface area (Å²) in [7, 11) is 0. The first-order valence-corrected chi connectivity index (χ1v) is 4.31. The van der Waals surface area contributed by atoms with E-state index in [0.29, 0.717) is 0 Å². The van der Waals surface area contributed by atoms with Crippen LogP contribution in [0.25, 0.3) is 0 Å². The third-order valence-electron chi connectivity index (χ3n) is 1.29. The second-order valence-corrected chi connectivity index (χ2v) is 3.13. The van der Waals surface area contributed by atoms with Gasteiger partial charge >= 0.3 is 0 Å². The van der Waals surface area contributed by atoms with Crippen LogP contribution in [0.2, 0.25) is 0 Å². The highest BCUT2D eigenvalue weighted by atomic mass is 32.1. The molecule has 0 aliphatic heterocycles. The smallest absolute Gasteiger partial charge is 0.203 e.